The molecular formula is C14H19NO2S. The molecule has 0 spiro atoms. The van der Waals surface area contributed by atoms with E-state index in [2.05, 4.69) is 6.92 Å². The SMILES string of the molecule is CC1CCC(N)(C2CS(=O)(=O)c3ccccc32)C1. The van der Waals surface area contributed by atoms with Gasteiger partial charge >= 0.3 is 0 Å². The summed E-state index contributed by atoms with van der Waals surface area (Å²) in [4.78, 5) is 0.499. The van der Waals surface area contributed by atoms with Crippen LogP contribution in [0.2, 0.25) is 0 Å². The van der Waals surface area contributed by atoms with Gasteiger partial charge in [-0.1, -0.05) is 25.1 Å². The number of hydrogen-bond acceptors (Lipinski definition) is 3. The van der Waals surface area contributed by atoms with Crippen molar-refractivity contribution in [3.63, 3.8) is 0 Å². The fourth-order valence-electron chi connectivity index (χ4n) is 3.61. The lowest BCUT2D eigenvalue weighted by Gasteiger charge is -2.31. The molecular weight excluding hydrogens is 246 g/mol. The Morgan fingerprint density at radius 2 is 2.06 bits per heavy atom. The highest BCUT2D eigenvalue weighted by Crippen LogP contribution is 2.47. The molecule has 1 aromatic rings. The second-order valence-electron chi connectivity index (χ2n) is 5.95. The fraction of sp³-hybridized carbons (Fsp3) is 0.571. The summed E-state index contributed by atoms with van der Waals surface area (Å²) in [5.74, 6) is 0.768. The molecule has 1 saturated carbocycles. The molecule has 0 bridgehead atoms. The maximum absolute atomic E-state index is 12.2. The molecule has 98 valence electrons. The molecule has 0 radical (unpaired) electrons. The number of benzene rings is 1. The van der Waals surface area contributed by atoms with Crippen LogP contribution in [0.15, 0.2) is 29.2 Å². The Labute approximate surface area is 108 Å². The van der Waals surface area contributed by atoms with Crippen LogP contribution in [0.3, 0.4) is 0 Å². The van der Waals surface area contributed by atoms with Gasteiger partial charge in [0, 0.05) is 11.5 Å². The van der Waals surface area contributed by atoms with Crippen LogP contribution in [0.25, 0.3) is 0 Å². The third-order valence-corrected chi connectivity index (χ3v) is 6.35. The van der Waals surface area contributed by atoms with Crippen LogP contribution in [0, 0.1) is 5.92 Å². The van der Waals surface area contributed by atoms with Crippen molar-refractivity contribution in [2.75, 3.05) is 5.75 Å². The summed E-state index contributed by atoms with van der Waals surface area (Å²) in [5.41, 5.74) is 7.13. The Kier molecular flexibility index (Phi) is 2.58. The van der Waals surface area contributed by atoms with E-state index in [9.17, 15) is 8.42 Å². The minimum Gasteiger partial charge on any atom is -0.325 e. The molecule has 2 aliphatic rings. The van der Waals surface area contributed by atoms with E-state index in [0.717, 1.165) is 24.8 Å². The number of sulfone groups is 1. The van der Waals surface area contributed by atoms with Crippen LogP contribution >= 0.6 is 0 Å². The molecule has 3 rings (SSSR count). The molecule has 1 fully saturated rings. The van der Waals surface area contributed by atoms with Crippen LogP contribution in [0.1, 0.15) is 37.7 Å². The molecule has 3 atom stereocenters. The van der Waals surface area contributed by atoms with Gasteiger partial charge in [-0.15, -0.1) is 0 Å². The number of rotatable bonds is 1. The summed E-state index contributed by atoms with van der Waals surface area (Å²) in [7, 11) is -3.13. The van der Waals surface area contributed by atoms with Gasteiger partial charge in [0.15, 0.2) is 9.84 Å². The lowest BCUT2D eigenvalue weighted by Crippen LogP contribution is -2.44. The zero-order chi connectivity index (χ0) is 13.0. The maximum Gasteiger partial charge on any atom is 0.179 e. The largest absolute Gasteiger partial charge is 0.325 e. The summed E-state index contributed by atoms with van der Waals surface area (Å²) >= 11 is 0. The number of hydrogen-bond donors (Lipinski definition) is 1. The van der Waals surface area contributed by atoms with Crippen molar-refractivity contribution >= 4 is 9.84 Å². The van der Waals surface area contributed by atoms with Crippen molar-refractivity contribution < 1.29 is 8.42 Å². The first kappa shape index (κ1) is 12.2. The smallest absolute Gasteiger partial charge is 0.179 e. The molecule has 4 heteroatoms. The van der Waals surface area contributed by atoms with Crippen LogP contribution < -0.4 is 5.73 Å². The number of fused-ring (bicyclic) bond motifs is 1. The molecule has 0 aromatic heterocycles. The van der Waals surface area contributed by atoms with E-state index in [1.54, 1.807) is 12.1 Å². The first-order valence-electron chi connectivity index (χ1n) is 6.53. The first-order chi connectivity index (χ1) is 8.42. The topological polar surface area (TPSA) is 60.2 Å². The van der Waals surface area contributed by atoms with Crippen molar-refractivity contribution in [3.8, 4) is 0 Å². The molecule has 0 amide bonds. The summed E-state index contributed by atoms with van der Waals surface area (Å²) in [5, 5.41) is 0. The third kappa shape index (κ3) is 1.70. The third-order valence-electron chi connectivity index (χ3n) is 4.54. The Morgan fingerprint density at radius 3 is 2.72 bits per heavy atom. The normalized spacial score (nSPS) is 37.7. The highest BCUT2D eigenvalue weighted by atomic mass is 32.2. The minimum atomic E-state index is -3.13. The summed E-state index contributed by atoms with van der Waals surface area (Å²) in [6, 6.07) is 7.35. The monoisotopic (exact) mass is 265 g/mol. The van der Waals surface area contributed by atoms with Crippen molar-refractivity contribution in [2.24, 2.45) is 11.7 Å². The second kappa shape index (κ2) is 3.81. The van der Waals surface area contributed by atoms with Gasteiger partial charge in [0.25, 0.3) is 0 Å². The van der Waals surface area contributed by atoms with Crippen LogP contribution in [0.4, 0.5) is 0 Å². The second-order valence-corrected chi connectivity index (χ2v) is 7.96. The van der Waals surface area contributed by atoms with Gasteiger partial charge in [-0.3, -0.25) is 0 Å². The van der Waals surface area contributed by atoms with Crippen molar-refractivity contribution in [3.05, 3.63) is 29.8 Å². The zero-order valence-corrected chi connectivity index (χ0v) is 11.4. The standard InChI is InChI=1S/C14H19NO2S/c1-10-6-7-14(15,8-10)12-9-18(16,17)13-5-3-2-4-11(12)13/h2-5,10,12H,6-9,15H2,1H3. The fourth-order valence-corrected chi connectivity index (χ4v) is 5.60. The summed E-state index contributed by atoms with van der Waals surface area (Å²) in [6.45, 7) is 2.20. The van der Waals surface area contributed by atoms with Crippen molar-refractivity contribution in [1.82, 2.24) is 0 Å². The Balaban J connectivity index is 2.07. The lowest BCUT2D eigenvalue weighted by molar-refractivity contribution is 0.362. The maximum atomic E-state index is 12.2. The van der Waals surface area contributed by atoms with Crippen molar-refractivity contribution in [1.29, 1.82) is 0 Å². The highest BCUT2D eigenvalue weighted by molar-refractivity contribution is 7.91. The van der Waals surface area contributed by atoms with E-state index in [-0.39, 0.29) is 17.2 Å². The molecule has 3 nitrogen and oxygen atoms in total. The van der Waals surface area contributed by atoms with E-state index >= 15 is 0 Å². The minimum absolute atomic E-state index is 0.0244. The predicted molar refractivity (Wildman–Crippen MR) is 71.2 cm³/mol. The molecule has 1 aliphatic carbocycles. The van der Waals surface area contributed by atoms with Gasteiger partial charge in [0.2, 0.25) is 0 Å². The molecule has 3 unspecified atom stereocenters. The molecule has 1 aliphatic heterocycles. The van der Waals surface area contributed by atoms with Gasteiger partial charge in [-0.05, 0) is 36.8 Å². The average Bonchev–Trinajstić information content (AvgIpc) is 2.80. The zero-order valence-electron chi connectivity index (χ0n) is 10.6. The van der Waals surface area contributed by atoms with Crippen LogP contribution in [-0.2, 0) is 9.84 Å². The predicted octanol–water partition coefficient (Wildman–Crippen LogP) is 2.08. The van der Waals surface area contributed by atoms with E-state index in [1.807, 2.05) is 12.1 Å². The molecule has 1 heterocycles. The van der Waals surface area contributed by atoms with Crippen LogP contribution in [0.5, 0.6) is 0 Å². The Bertz CT molecular complexity index is 581. The van der Waals surface area contributed by atoms with Gasteiger partial charge in [0.1, 0.15) is 0 Å². The summed E-state index contributed by atoms with van der Waals surface area (Å²) < 4.78 is 24.4. The average molecular weight is 265 g/mol. The van der Waals surface area contributed by atoms with E-state index < -0.39 is 9.84 Å². The highest BCUT2D eigenvalue weighted by Gasteiger charge is 2.48. The Morgan fingerprint density at radius 1 is 1.33 bits per heavy atom. The first-order valence-corrected chi connectivity index (χ1v) is 8.18. The van der Waals surface area contributed by atoms with Gasteiger partial charge in [-0.2, -0.15) is 0 Å². The van der Waals surface area contributed by atoms with E-state index in [4.69, 9.17) is 5.73 Å². The van der Waals surface area contributed by atoms with E-state index in [1.165, 1.54) is 0 Å². The van der Waals surface area contributed by atoms with Gasteiger partial charge < -0.3 is 5.73 Å². The van der Waals surface area contributed by atoms with Gasteiger partial charge in [0.05, 0.1) is 10.6 Å². The quantitative estimate of drug-likeness (QED) is 0.845. The number of nitrogens with two attached hydrogens (primary N) is 1. The Hall–Kier alpha value is -0.870. The van der Waals surface area contributed by atoms with Crippen molar-refractivity contribution in [2.45, 2.75) is 42.5 Å². The summed E-state index contributed by atoms with van der Waals surface area (Å²) in [6.07, 6.45) is 2.97. The molecule has 1 aromatic carbocycles. The van der Waals surface area contributed by atoms with E-state index in [0.29, 0.717) is 10.8 Å². The molecule has 0 saturated heterocycles. The van der Waals surface area contributed by atoms with Gasteiger partial charge in [-0.25, -0.2) is 8.42 Å². The molecule has 18 heavy (non-hydrogen) atoms. The van der Waals surface area contributed by atoms with Crippen LogP contribution in [-0.4, -0.2) is 19.7 Å². The lowest BCUT2D eigenvalue weighted by atomic mass is 9.79. The molecule has 2 N–H and O–H groups in total.